The van der Waals surface area contributed by atoms with Crippen LogP contribution < -0.4 is 0 Å². The van der Waals surface area contributed by atoms with Crippen molar-refractivity contribution in [3.63, 3.8) is 0 Å². The Bertz CT molecular complexity index is 275. The molecule has 16 heavy (non-hydrogen) atoms. The quantitative estimate of drug-likeness (QED) is 0.726. The molecule has 4 nitrogen and oxygen atoms in total. The summed E-state index contributed by atoms with van der Waals surface area (Å²) in [5.74, 6) is -0.945. The third-order valence-electron chi connectivity index (χ3n) is 2.94. The lowest BCUT2D eigenvalue weighted by Gasteiger charge is -2.35. The third kappa shape index (κ3) is 3.68. The first-order valence-corrected chi connectivity index (χ1v) is 5.77. The molecule has 4 heteroatoms. The van der Waals surface area contributed by atoms with E-state index in [1.54, 1.807) is 0 Å². The summed E-state index contributed by atoms with van der Waals surface area (Å²) in [6.07, 6.45) is 5.84. The van der Waals surface area contributed by atoms with Crippen LogP contribution in [0.1, 0.15) is 38.5 Å². The number of likely N-dealkylation sites (tertiary alicyclic amines) is 1. The summed E-state index contributed by atoms with van der Waals surface area (Å²) in [7, 11) is 0. The van der Waals surface area contributed by atoms with Gasteiger partial charge in [0.15, 0.2) is 0 Å². The molecule has 0 saturated carbocycles. The topological polar surface area (TPSA) is 57.6 Å². The second-order valence-corrected chi connectivity index (χ2v) is 4.15. The van der Waals surface area contributed by atoms with Crippen LogP contribution in [0.5, 0.6) is 0 Å². The predicted molar refractivity (Wildman–Crippen MR) is 61.0 cm³/mol. The molecule has 1 N–H and O–H groups in total. The summed E-state index contributed by atoms with van der Waals surface area (Å²) in [6.45, 7) is 4.45. The number of hydrogen-bond donors (Lipinski definition) is 1. The van der Waals surface area contributed by atoms with Crippen molar-refractivity contribution >= 4 is 11.9 Å². The lowest BCUT2D eigenvalue weighted by Crippen LogP contribution is -2.43. The number of aliphatic carboxylic acids is 1. The molecule has 1 atom stereocenters. The van der Waals surface area contributed by atoms with Gasteiger partial charge in [-0.3, -0.25) is 9.59 Å². The highest BCUT2D eigenvalue weighted by molar-refractivity contribution is 5.81. The fraction of sp³-hybridized carbons (Fsp3) is 0.667. The van der Waals surface area contributed by atoms with Gasteiger partial charge in [0, 0.05) is 19.0 Å². The average molecular weight is 225 g/mol. The number of carbonyl (C=O) groups is 2. The maximum absolute atomic E-state index is 11.8. The minimum atomic E-state index is -0.911. The Labute approximate surface area is 95.9 Å². The molecule has 1 aliphatic rings. The molecule has 0 bridgehead atoms. The monoisotopic (exact) mass is 225 g/mol. The summed E-state index contributed by atoms with van der Waals surface area (Å²) < 4.78 is 0. The first-order valence-electron chi connectivity index (χ1n) is 5.77. The number of carboxylic acids is 1. The van der Waals surface area contributed by atoms with Crippen LogP contribution in [0.15, 0.2) is 12.7 Å². The van der Waals surface area contributed by atoms with Gasteiger partial charge in [-0.15, -0.1) is 6.58 Å². The highest BCUT2D eigenvalue weighted by Crippen LogP contribution is 2.21. The Morgan fingerprint density at radius 3 is 2.75 bits per heavy atom. The molecule has 0 spiro atoms. The van der Waals surface area contributed by atoms with Crippen LogP contribution in [0.2, 0.25) is 0 Å². The molecular weight excluding hydrogens is 206 g/mol. The summed E-state index contributed by atoms with van der Waals surface area (Å²) >= 11 is 0. The second kappa shape index (κ2) is 6.30. The number of piperidine rings is 1. The molecule has 1 heterocycles. The van der Waals surface area contributed by atoms with E-state index in [2.05, 4.69) is 6.58 Å². The second-order valence-electron chi connectivity index (χ2n) is 4.15. The normalized spacial score (nSPS) is 20.5. The minimum Gasteiger partial charge on any atom is -0.481 e. The molecule has 1 fully saturated rings. The Kier molecular flexibility index (Phi) is 5.02. The van der Waals surface area contributed by atoms with Gasteiger partial charge in [-0.05, 0) is 25.7 Å². The van der Waals surface area contributed by atoms with Gasteiger partial charge in [-0.25, -0.2) is 0 Å². The lowest BCUT2D eigenvalue weighted by atomic mass is 9.99. The molecule has 1 rings (SSSR count). The van der Waals surface area contributed by atoms with Crippen LogP contribution in [-0.4, -0.2) is 34.5 Å². The highest BCUT2D eigenvalue weighted by Gasteiger charge is 2.25. The zero-order chi connectivity index (χ0) is 12.0. The largest absolute Gasteiger partial charge is 0.481 e. The Morgan fingerprint density at radius 2 is 2.12 bits per heavy atom. The Hall–Kier alpha value is -1.32. The summed E-state index contributed by atoms with van der Waals surface area (Å²) in [4.78, 5) is 24.1. The average Bonchev–Trinajstić information content (AvgIpc) is 2.27. The number of rotatable bonds is 5. The lowest BCUT2D eigenvalue weighted by molar-refractivity contribution is -0.142. The van der Waals surface area contributed by atoms with Crippen LogP contribution in [0.4, 0.5) is 0 Å². The van der Waals surface area contributed by atoms with Gasteiger partial charge >= 0.3 is 5.97 Å². The molecule has 1 amide bonds. The van der Waals surface area contributed by atoms with E-state index in [-0.39, 0.29) is 24.8 Å². The van der Waals surface area contributed by atoms with Crippen molar-refractivity contribution in [2.75, 3.05) is 6.54 Å². The van der Waals surface area contributed by atoms with E-state index in [9.17, 15) is 9.59 Å². The van der Waals surface area contributed by atoms with Crippen LogP contribution in [0.3, 0.4) is 0 Å². The van der Waals surface area contributed by atoms with Crippen LogP contribution >= 0.6 is 0 Å². The predicted octanol–water partition coefficient (Wildman–Crippen LogP) is 1.81. The van der Waals surface area contributed by atoms with Crippen LogP contribution in [-0.2, 0) is 9.59 Å². The van der Waals surface area contributed by atoms with Crippen molar-refractivity contribution in [1.29, 1.82) is 0 Å². The number of carboxylic acid groups (broad SMARTS) is 1. The van der Waals surface area contributed by atoms with Crippen LogP contribution in [0, 0.1) is 0 Å². The maximum Gasteiger partial charge on any atom is 0.303 e. The fourth-order valence-electron chi connectivity index (χ4n) is 2.12. The van der Waals surface area contributed by atoms with Crippen LogP contribution in [0.25, 0.3) is 0 Å². The summed E-state index contributed by atoms with van der Waals surface area (Å²) in [5.41, 5.74) is 0. The van der Waals surface area contributed by atoms with Gasteiger partial charge < -0.3 is 10.0 Å². The number of carbonyl (C=O) groups excluding carboxylic acids is 1. The van der Waals surface area contributed by atoms with Crippen molar-refractivity contribution in [3.05, 3.63) is 12.7 Å². The molecule has 0 aromatic rings. The van der Waals surface area contributed by atoms with Crippen molar-refractivity contribution in [2.24, 2.45) is 0 Å². The van der Waals surface area contributed by atoms with Crippen molar-refractivity contribution < 1.29 is 14.7 Å². The fourth-order valence-corrected chi connectivity index (χ4v) is 2.12. The third-order valence-corrected chi connectivity index (χ3v) is 2.94. The molecule has 0 aromatic carbocycles. The molecule has 0 aliphatic carbocycles. The smallest absolute Gasteiger partial charge is 0.303 e. The van der Waals surface area contributed by atoms with E-state index in [1.807, 2.05) is 11.0 Å². The summed E-state index contributed by atoms with van der Waals surface area (Å²) in [5, 5.41) is 8.54. The van der Waals surface area contributed by atoms with Gasteiger partial charge in [-0.2, -0.15) is 0 Å². The van der Waals surface area contributed by atoms with Crippen molar-refractivity contribution in [1.82, 2.24) is 4.90 Å². The zero-order valence-electron chi connectivity index (χ0n) is 9.52. The van der Waals surface area contributed by atoms with Crippen molar-refractivity contribution in [2.45, 2.75) is 44.6 Å². The van der Waals surface area contributed by atoms with Crippen molar-refractivity contribution in [3.8, 4) is 0 Å². The zero-order valence-corrected chi connectivity index (χ0v) is 9.52. The maximum atomic E-state index is 11.8. The van der Waals surface area contributed by atoms with E-state index in [0.717, 1.165) is 32.2 Å². The van der Waals surface area contributed by atoms with E-state index in [0.29, 0.717) is 0 Å². The first kappa shape index (κ1) is 12.7. The van der Waals surface area contributed by atoms with E-state index < -0.39 is 5.97 Å². The van der Waals surface area contributed by atoms with E-state index in [4.69, 9.17) is 5.11 Å². The SMILES string of the molecule is C=CCC1CCCCN1C(=O)CCC(=O)O. The Morgan fingerprint density at radius 1 is 1.38 bits per heavy atom. The highest BCUT2D eigenvalue weighted by atomic mass is 16.4. The van der Waals surface area contributed by atoms with Gasteiger partial charge in [0.1, 0.15) is 0 Å². The molecule has 0 radical (unpaired) electrons. The number of hydrogen-bond acceptors (Lipinski definition) is 2. The molecular formula is C12H19NO3. The summed E-state index contributed by atoms with van der Waals surface area (Å²) in [6, 6.07) is 0.229. The molecule has 0 aromatic heterocycles. The first-order chi connectivity index (χ1) is 7.65. The standard InChI is InChI=1S/C12H19NO3/c1-2-5-10-6-3-4-9-13(10)11(14)7-8-12(15)16/h2,10H,1,3-9H2,(H,15,16). The number of nitrogens with zero attached hydrogens (tertiary/aromatic N) is 1. The molecule has 1 aliphatic heterocycles. The number of amides is 1. The van der Waals surface area contributed by atoms with Gasteiger partial charge in [0.05, 0.1) is 6.42 Å². The van der Waals surface area contributed by atoms with E-state index in [1.165, 1.54) is 0 Å². The van der Waals surface area contributed by atoms with Gasteiger partial charge in [0.25, 0.3) is 0 Å². The molecule has 1 unspecified atom stereocenters. The molecule has 1 saturated heterocycles. The Balaban J connectivity index is 2.49. The van der Waals surface area contributed by atoms with Gasteiger partial charge in [0.2, 0.25) is 5.91 Å². The van der Waals surface area contributed by atoms with E-state index >= 15 is 0 Å². The minimum absolute atomic E-state index is 0.0334. The van der Waals surface area contributed by atoms with Gasteiger partial charge in [-0.1, -0.05) is 6.08 Å². The molecule has 90 valence electrons.